The van der Waals surface area contributed by atoms with Crippen LogP contribution in [-0.2, 0) is 27.4 Å². The van der Waals surface area contributed by atoms with E-state index in [0.29, 0.717) is 23.6 Å². The van der Waals surface area contributed by atoms with Crippen LogP contribution < -0.4 is 0 Å². The highest BCUT2D eigenvalue weighted by molar-refractivity contribution is 5.99. The second-order valence-electron chi connectivity index (χ2n) is 6.78. The lowest BCUT2D eigenvalue weighted by molar-refractivity contribution is 0.0583. The Morgan fingerprint density at radius 2 is 1.62 bits per heavy atom. The predicted molar refractivity (Wildman–Crippen MR) is 109 cm³/mol. The van der Waals surface area contributed by atoms with Crippen molar-refractivity contribution >= 4 is 11.9 Å². The quantitative estimate of drug-likeness (QED) is 0.473. The Morgan fingerprint density at radius 1 is 1.00 bits per heavy atom. The molecule has 2 rings (SSSR count). The summed E-state index contributed by atoms with van der Waals surface area (Å²) in [6, 6.07) is 10.2. The zero-order valence-electron chi connectivity index (χ0n) is 17.7. The first-order valence-electron chi connectivity index (χ1n) is 9.36. The maximum atomic E-state index is 12.3. The standard InChI is InChI=1S/C22H28N2O5/c1-15-19(21(25)27-4)16(2)23-18(20(15)22(26)28-5)14-29-12-11-24(3)13-17-9-7-6-8-10-17/h6-10H,11-14H2,1-5H3. The second kappa shape index (κ2) is 10.7. The number of methoxy groups -OCH3 is 2. The van der Waals surface area contributed by atoms with Crippen LogP contribution >= 0.6 is 0 Å². The third kappa shape index (κ3) is 5.85. The molecule has 0 amide bonds. The third-order valence-electron chi connectivity index (χ3n) is 4.63. The van der Waals surface area contributed by atoms with Gasteiger partial charge < -0.3 is 14.2 Å². The number of carbonyl (C=O) groups is 2. The minimum absolute atomic E-state index is 0.146. The van der Waals surface area contributed by atoms with Crippen LogP contribution in [-0.4, -0.2) is 56.2 Å². The summed E-state index contributed by atoms with van der Waals surface area (Å²) in [5.41, 5.74) is 3.17. The van der Waals surface area contributed by atoms with Crippen LogP contribution in [0.2, 0.25) is 0 Å². The van der Waals surface area contributed by atoms with Crippen LogP contribution in [0.25, 0.3) is 0 Å². The van der Waals surface area contributed by atoms with Gasteiger partial charge in [-0.2, -0.15) is 0 Å². The van der Waals surface area contributed by atoms with Crippen molar-refractivity contribution in [2.75, 3.05) is 34.4 Å². The fourth-order valence-corrected chi connectivity index (χ4v) is 3.17. The molecule has 0 aliphatic carbocycles. The predicted octanol–water partition coefficient (Wildman–Crippen LogP) is 2.92. The van der Waals surface area contributed by atoms with E-state index < -0.39 is 11.9 Å². The number of likely N-dealkylation sites (N-methyl/N-ethyl adjacent to an activating group) is 1. The molecule has 0 radical (unpaired) electrons. The molecule has 0 aliphatic rings. The van der Waals surface area contributed by atoms with Gasteiger partial charge in [0.15, 0.2) is 0 Å². The first-order chi connectivity index (χ1) is 13.9. The number of aryl methyl sites for hydroxylation is 1. The van der Waals surface area contributed by atoms with Crippen molar-refractivity contribution < 1.29 is 23.8 Å². The Hall–Kier alpha value is -2.77. The van der Waals surface area contributed by atoms with Crippen molar-refractivity contribution in [3.05, 3.63) is 64.0 Å². The van der Waals surface area contributed by atoms with E-state index in [4.69, 9.17) is 14.2 Å². The zero-order valence-corrected chi connectivity index (χ0v) is 17.7. The third-order valence-corrected chi connectivity index (χ3v) is 4.63. The molecule has 0 bridgehead atoms. The molecular weight excluding hydrogens is 372 g/mol. The molecule has 7 heteroatoms. The summed E-state index contributed by atoms with van der Waals surface area (Å²) in [5.74, 6) is -1.09. The smallest absolute Gasteiger partial charge is 0.340 e. The summed E-state index contributed by atoms with van der Waals surface area (Å²) in [7, 11) is 4.61. The van der Waals surface area contributed by atoms with Crippen molar-refractivity contribution in [1.82, 2.24) is 9.88 Å². The molecule has 0 N–H and O–H groups in total. The van der Waals surface area contributed by atoms with E-state index in [-0.39, 0.29) is 17.7 Å². The van der Waals surface area contributed by atoms with Gasteiger partial charge in [-0.1, -0.05) is 30.3 Å². The van der Waals surface area contributed by atoms with Gasteiger partial charge in [0, 0.05) is 13.1 Å². The van der Waals surface area contributed by atoms with Crippen LogP contribution in [0.15, 0.2) is 30.3 Å². The van der Waals surface area contributed by atoms with Crippen molar-refractivity contribution in [3.63, 3.8) is 0 Å². The molecule has 156 valence electrons. The van der Waals surface area contributed by atoms with Gasteiger partial charge in [-0.15, -0.1) is 0 Å². The number of ether oxygens (including phenoxy) is 3. The Labute approximate surface area is 171 Å². The average Bonchev–Trinajstić information content (AvgIpc) is 2.71. The molecule has 7 nitrogen and oxygen atoms in total. The lowest BCUT2D eigenvalue weighted by atomic mass is 9.99. The van der Waals surface area contributed by atoms with Crippen molar-refractivity contribution in [3.8, 4) is 0 Å². The molecule has 29 heavy (non-hydrogen) atoms. The lowest BCUT2D eigenvalue weighted by Crippen LogP contribution is -2.23. The highest BCUT2D eigenvalue weighted by Crippen LogP contribution is 2.22. The molecule has 0 saturated heterocycles. The average molecular weight is 400 g/mol. The van der Waals surface area contributed by atoms with Crippen LogP contribution in [0.1, 0.15) is 43.2 Å². The number of nitrogens with zero attached hydrogens (tertiary/aromatic N) is 2. The van der Waals surface area contributed by atoms with Gasteiger partial charge in [-0.05, 0) is 32.0 Å². The summed E-state index contributed by atoms with van der Waals surface area (Å²) in [6.45, 7) is 5.56. The monoisotopic (exact) mass is 400 g/mol. The van der Waals surface area contributed by atoms with E-state index in [1.54, 1.807) is 13.8 Å². The molecule has 0 saturated carbocycles. The second-order valence-corrected chi connectivity index (χ2v) is 6.78. The minimum Gasteiger partial charge on any atom is -0.465 e. The summed E-state index contributed by atoms with van der Waals surface area (Å²) in [6.07, 6.45) is 0. The molecule has 0 aliphatic heterocycles. The van der Waals surface area contributed by atoms with Gasteiger partial charge in [-0.25, -0.2) is 9.59 Å². The number of hydrogen-bond donors (Lipinski definition) is 0. The molecule has 0 spiro atoms. The van der Waals surface area contributed by atoms with Crippen molar-refractivity contribution in [1.29, 1.82) is 0 Å². The number of benzene rings is 1. The summed E-state index contributed by atoms with van der Waals surface area (Å²) in [4.78, 5) is 30.9. The van der Waals surface area contributed by atoms with E-state index in [1.807, 2.05) is 25.2 Å². The summed E-state index contributed by atoms with van der Waals surface area (Å²) < 4.78 is 15.5. The van der Waals surface area contributed by atoms with Crippen LogP contribution in [0.5, 0.6) is 0 Å². The Kier molecular flexibility index (Phi) is 8.30. The largest absolute Gasteiger partial charge is 0.465 e. The molecule has 1 aromatic carbocycles. The Balaban J connectivity index is 2.06. The normalized spacial score (nSPS) is 10.8. The maximum absolute atomic E-state index is 12.3. The van der Waals surface area contributed by atoms with E-state index in [1.165, 1.54) is 19.8 Å². The maximum Gasteiger partial charge on any atom is 0.340 e. The topological polar surface area (TPSA) is 78.0 Å². The number of esters is 2. The van der Waals surface area contributed by atoms with E-state index >= 15 is 0 Å². The molecular formula is C22H28N2O5. The van der Waals surface area contributed by atoms with Gasteiger partial charge in [-0.3, -0.25) is 9.88 Å². The SMILES string of the molecule is COC(=O)c1c(C)nc(COCCN(C)Cc2ccccc2)c(C(=O)OC)c1C. The highest BCUT2D eigenvalue weighted by atomic mass is 16.5. The van der Waals surface area contributed by atoms with Gasteiger partial charge >= 0.3 is 11.9 Å². The molecule has 0 atom stereocenters. The number of pyridine rings is 1. The lowest BCUT2D eigenvalue weighted by Gasteiger charge is -2.18. The fourth-order valence-electron chi connectivity index (χ4n) is 3.17. The highest BCUT2D eigenvalue weighted by Gasteiger charge is 2.25. The molecule has 1 heterocycles. The van der Waals surface area contributed by atoms with E-state index in [9.17, 15) is 9.59 Å². The first kappa shape index (κ1) is 22.5. The summed E-state index contributed by atoms with van der Waals surface area (Å²) in [5, 5.41) is 0. The van der Waals surface area contributed by atoms with Gasteiger partial charge in [0.25, 0.3) is 0 Å². The number of rotatable bonds is 9. The molecule has 1 aromatic heterocycles. The van der Waals surface area contributed by atoms with Gasteiger partial charge in [0.1, 0.15) is 0 Å². The molecule has 0 fully saturated rings. The van der Waals surface area contributed by atoms with Crippen molar-refractivity contribution in [2.45, 2.75) is 27.0 Å². The zero-order chi connectivity index (χ0) is 21.4. The van der Waals surface area contributed by atoms with E-state index in [0.717, 1.165) is 13.1 Å². The molecule has 0 unspecified atom stereocenters. The van der Waals surface area contributed by atoms with Crippen LogP contribution in [0, 0.1) is 13.8 Å². The van der Waals surface area contributed by atoms with Crippen molar-refractivity contribution in [2.24, 2.45) is 0 Å². The summed E-state index contributed by atoms with van der Waals surface area (Å²) >= 11 is 0. The van der Waals surface area contributed by atoms with Gasteiger partial charge in [0.2, 0.25) is 0 Å². The fraction of sp³-hybridized carbons (Fsp3) is 0.409. The van der Waals surface area contributed by atoms with Crippen LogP contribution in [0.4, 0.5) is 0 Å². The van der Waals surface area contributed by atoms with E-state index in [2.05, 4.69) is 22.0 Å². The van der Waals surface area contributed by atoms with Crippen LogP contribution in [0.3, 0.4) is 0 Å². The number of aromatic nitrogens is 1. The van der Waals surface area contributed by atoms with Gasteiger partial charge in [0.05, 0.1) is 49.9 Å². The number of carbonyl (C=O) groups excluding carboxylic acids is 2. The Morgan fingerprint density at radius 3 is 2.24 bits per heavy atom. The minimum atomic E-state index is -0.556. The Bertz CT molecular complexity index is 852. The number of hydrogen-bond acceptors (Lipinski definition) is 7. The first-order valence-corrected chi connectivity index (χ1v) is 9.36. The molecule has 2 aromatic rings.